The number of benzene rings is 4. The molecule has 46 heavy (non-hydrogen) atoms. The minimum Gasteiger partial charge on any atom is -0.497 e. The van der Waals surface area contributed by atoms with Crippen LogP contribution in [0.1, 0.15) is 30.9 Å². The summed E-state index contributed by atoms with van der Waals surface area (Å²) in [4.78, 5) is 29.8. The fourth-order valence-corrected chi connectivity index (χ4v) is 6.89. The van der Waals surface area contributed by atoms with Crippen molar-refractivity contribution >= 4 is 55.1 Å². The molecular weight excluding hydrogens is 690 g/mol. The van der Waals surface area contributed by atoms with E-state index >= 15 is 0 Å². The van der Waals surface area contributed by atoms with E-state index in [1.807, 2.05) is 61.5 Å². The summed E-state index contributed by atoms with van der Waals surface area (Å²) in [5.74, 6) is -0.360. The van der Waals surface area contributed by atoms with Gasteiger partial charge in [-0.15, -0.1) is 0 Å². The molecule has 0 aliphatic carbocycles. The monoisotopic (exact) mass is 725 g/mol. The summed E-state index contributed by atoms with van der Waals surface area (Å²) < 4.78 is 35.4. The molecule has 0 heterocycles. The third kappa shape index (κ3) is 9.34. The van der Waals surface area contributed by atoms with Gasteiger partial charge in [0.05, 0.1) is 17.7 Å². The average Bonchev–Trinajstić information content (AvgIpc) is 3.06. The SMILES string of the molecule is CCCCNC(=O)C(Cc1ccccc1)N(Cc1cccc(Br)c1)C(=O)CN(c1ccc(Cl)cc1)S(=O)(=O)c1ccc(OC)cc1. The van der Waals surface area contributed by atoms with Gasteiger partial charge >= 0.3 is 0 Å². The highest BCUT2D eigenvalue weighted by Crippen LogP contribution is 2.27. The highest BCUT2D eigenvalue weighted by atomic mass is 79.9. The largest absolute Gasteiger partial charge is 0.497 e. The van der Waals surface area contributed by atoms with Gasteiger partial charge in [0.1, 0.15) is 18.3 Å². The van der Waals surface area contributed by atoms with E-state index in [9.17, 15) is 18.0 Å². The highest BCUT2D eigenvalue weighted by molar-refractivity contribution is 9.10. The molecule has 0 aliphatic heterocycles. The van der Waals surface area contributed by atoms with E-state index in [2.05, 4.69) is 21.2 Å². The molecule has 1 unspecified atom stereocenters. The molecule has 0 saturated carbocycles. The molecule has 1 N–H and O–H groups in total. The number of methoxy groups -OCH3 is 1. The Morgan fingerprint density at radius 1 is 0.913 bits per heavy atom. The third-order valence-corrected chi connectivity index (χ3v) is 9.92. The van der Waals surface area contributed by atoms with Crippen LogP contribution in [0, 0.1) is 0 Å². The van der Waals surface area contributed by atoms with Gasteiger partial charge in [-0.2, -0.15) is 0 Å². The van der Waals surface area contributed by atoms with Crippen LogP contribution in [0.2, 0.25) is 5.02 Å². The summed E-state index contributed by atoms with van der Waals surface area (Å²) >= 11 is 9.64. The van der Waals surface area contributed by atoms with Crippen molar-refractivity contribution in [3.05, 3.63) is 124 Å². The molecule has 2 amide bonds. The smallest absolute Gasteiger partial charge is 0.264 e. The second-order valence-corrected chi connectivity index (χ2v) is 13.9. The lowest BCUT2D eigenvalue weighted by atomic mass is 10.0. The van der Waals surface area contributed by atoms with Gasteiger partial charge in [0.15, 0.2) is 0 Å². The Morgan fingerprint density at radius 2 is 1.59 bits per heavy atom. The molecule has 0 aromatic heterocycles. The van der Waals surface area contributed by atoms with Gasteiger partial charge in [0.25, 0.3) is 10.0 Å². The van der Waals surface area contributed by atoms with Gasteiger partial charge in [-0.3, -0.25) is 13.9 Å². The second kappa shape index (κ2) is 16.6. The zero-order chi connectivity index (χ0) is 33.1. The van der Waals surface area contributed by atoms with Crippen LogP contribution in [-0.4, -0.2) is 51.4 Å². The number of rotatable bonds is 15. The molecule has 4 rings (SSSR count). The van der Waals surface area contributed by atoms with Crippen molar-refractivity contribution in [3.63, 3.8) is 0 Å². The van der Waals surface area contributed by atoms with Crippen LogP contribution >= 0.6 is 27.5 Å². The minimum atomic E-state index is -4.24. The predicted octanol–water partition coefficient (Wildman–Crippen LogP) is 6.86. The van der Waals surface area contributed by atoms with Gasteiger partial charge in [-0.05, 0) is 78.2 Å². The maximum absolute atomic E-state index is 14.5. The number of nitrogens with one attached hydrogen (secondary N) is 1. The Kier molecular flexibility index (Phi) is 12.7. The number of amides is 2. The molecule has 0 bridgehead atoms. The van der Waals surface area contributed by atoms with Crippen molar-refractivity contribution in [2.45, 2.75) is 43.7 Å². The van der Waals surface area contributed by atoms with Crippen molar-refractivity contribution in [2.75, 3.05) is 24.5 Å². The first-order valence-corrected chi connectivity index (χ1v) is 17.5. The quantitative estimate of drug-likeness (QED) is 0.135. The Labute approximate surface area is 284 Å². The lowest BCUT2D eigenvalue weighted by molar-refractivity contribution is -0.140. The first-order chi connectivity index (χ1) is 22.1. The van der Waals surface area contributed by atoms with Crippen molar-refractivity contribution in [1.29, 1.82) is 0 Å². The Bertz CT molecular complexity index is 1700. The number of ether oxygens (including phenoxy) is 1. The van der Waals surface area contributed by atoms with Crippen molar-refractivity contribution in [2.24, 2.45) is 0 Å². The third-order valence-electron chi connectivity index (χ3n) is 7.38. The zero-order valence-corrected chi connectivity index (χ0v) is 28.9. The molecule has 1 atom stereocenters. The number of sulfonamides is 1. The van der Waals surface area contributed by atoms with E-state index in [1.54, 1.807) is 36.4 Å². The second-order valence-electron chi connectivity index (χ2n) is 10.7. The zero-order valence-electron chi connectivity index (χ0n) is 25.7. The predicted molar refractivity (Wildman–Crippen MR) is 186 cm³/mol. The van der Waals surface area contributed by atoms with E-state index in [1.165, 1.54) is 24.1 Å². The van der Waals surface area contributed by atoms with Crippen molar-refractivity contribution in [3.8, 4) is 5.75 Å². The van der Waals surface area contributed by atoms with Crippen LogP contribution in [0.5, 0.6) is 5.75 Å². The molecular formula is C35H37BrClN3O5S. The summed E-state index contributed by atoms with van der Waals surface area (Å²) in [7, 11) is -2.75. The number of anilines is 1. The lowest BCUT2D eigenvalue weighted by Gasteiger charge is -2.34. The molecule has 0 aliphatic rings. The Morgan fingerprint density at radius 3 is 2.22 bits per heavy atom. The number of halogens is 2. The molecule has 4 aromatic rings. The van der Waals surface area contributed by atoms with Crippen LogP contribution in [-0.2, 0) is 32.6 Å². The molecule has 0 fully saturated rings. The van der Waals surface area contributed by atoms with E-state index < -0.39 is 28.5 Å². The standard InChI is InChI=1S/C35H37BrClN3O5S/c1-3-4-21-38-35(42)33(23-26-9-6-5-7-10-26)39(24-27-11-8-12-28(36)22-27)34(41)25-40(30-15-13-29(37)14-16-30)46(43,44)32-19-17-31(45-2)18-20-32/h5-20,22,33H,3-4,21,23-25H2,1-2H3,(H,38,42). The molecule has 0 spiro atoms. The van der Waals surface area contributed by atoms with Crippen molar-refractivity contribution < 1.29 is 22.7 Å². The summed E-state index contributed by atoms with van der Waals surface area (Å²) in [6.45, 7) is 2.01. The van der Waals surface area contributed by atoms with E-state index in [4.69, 9.17) is 16.3 Å². The first kappa shape index (κ1) is 35.0. The van der Waals surface area contributed by atoms with Crippen LogP contribution in [0.3, 0.4) is 0 Å². The summed E-state index contributed by atoms with van der Waals surface area (Å²) in [6, 6.07) is 28.2. The lowest BCUT2D eigenvalue weighted by Crippen LogP contribution is -2.53. The number of unbranched alkanes of at least 4 members (excludes halogenated alkanes) is 1. The summed E-state index contributed by atoms with van der Waals surface area (Å²) in [5.41, 5.74) is 1.90. The molecule has 11 heteroatoms. The van der Waals surface area contributed by atoms with Crippen LogP contribution in [0.4, 0.5) is 5.69 Å². The number of hydrogen-bond acceptors (Lipinski definition) is 5. The van der Waals surface area contributed by atoms with Gasteiger partial charge in [0, 0.05) is 29.0 Å². The molecule has 4 aromatic carbocycles. The number of carbonyl (C=O) groups is 2. The number of hydrogen-bond donors (Lipinski definition) is 1. The Hall–Kier alpha value is -3.86. The molecule has 0 saturated heterocycles. The summed E-state index contributed by atoms with van der Waals surface area (Å²) in [6.07, 6.45) is 1.92. The topological polar surface area (TPSA) is 96.0 Å². The van der Waals surface area contributed by atoms with E-state index in [0.29, 0.717) is 17.3 Å². The van der Waals surface area contributed by atoms with Gasteiger partial charge in [-0.25, -0.2) is 8.42 Å². The van der Waals surface area contributed by atoms with E-state index in [0.717, 1.165) is 32.7 Å². The van der Waals surface area contributed by atoms with Gasteiger partial charge in [0.2, 0.25) is 11.8 Å². The van der Waals surface area contributed by atoms with Crippen molar-refractivity contribution in [1.82, 2.24) is 10.2 Å². The maximum Gasteiger partial charge on any atom is 0.264 e. The minimum absolute atomic E-state index is 0.0206. The molecule has 0 radical (unpaired) electrons. The summed E-state index contributed by atoms with van der Waals surface area (Å²) in [5, 5.41) is 3.41. The molecule has 242 valence electrons. The van der Waals surface area contributed by atoms with E-state index in [-0.39, 0.29) is 29.5 Å². The van der Waals surface area contributed by atoms with Gasteiger partial charge < -0.3 is 15.0 Å². The van der Waals surface area contributed by atoms with Crippen LogP contribution < -0.4 is 14.4 Å². The van der Waals surface area contributed by atoms with Crippen LogP contribution in [0.25, 0.3) is 0 Å². The number of carbonyl (C=O) groups excluding carboxylic acids is 2. The molecule has 8 nitrogen and oxygen atoms in total. The Balaban J connectivity index is 1.78. The number of nitrogens with zero attached hydrogens (tertiary/aromatic N) is 2. The normalized spacial score (nSPS) is 11.8. The highest BCUT2D eigenvalue weighted by Gasteiger charge is 2.34. The average molecular weight is 727 g/mol. The maximum atomic E-state index is 14.5. The van der Waals surface area contributed by atoms with Crippen LogP contribution in [0.15, 0.2) is 112 Å². The fraction of sp³-hybridized carbons (Fsp3) is 0.257. The first-order valence-electron chi connectivity index (χ1n) is 14.9. The fourth-order valence-electron chi connectivity index (χ4n) is 4.90. The van der Waals surface area contributed by atoms with Gasteiger partial charge in [-0.1, -0.05) is 83.3 Å².